The number of rotatable bonds is 5. The number of aryl methyl sites for hydroxylation is 3. The molecule has 4 rings (SSSR count). The molecule has 0 bridgehead atoms. The Hall–Kier alpha value is -1.98. The van der Waals surface area contributed by atoms with E-state index in [9.17, 15) is 4.79 Å². The molecular weight excluding hydrogens is 342 g/mol. The third-order valence-corrected chi connectivity index (χ3v) is 6.26. The highest BCUT2D eigenvalue weighted by atomic mass is 32.1. The van der Waals surface area contributed by atoms with Crippen molar-refractivity contribution < 1.29 is 0 Å². The average Bonchev–Trinajstić information content (AvgIpc) is 3.00. The van der Waals surface area contributed by atoms with Crippen molar-refractivity contribution in [3.8, 4) is 0 Å². The molecule has 1 aromatic carbocycles. The average molecular weight is 368 g/mol. The zero-order valence-corrected chi connectivity index (χ0v) is 16.3. The minimum atomic E-state index is 0.155. The first-order chi connectivity index (χ1) is 12.6. The van der Waals surface area contributed by atoms with E-state index in [-0.39, 0.29) is 5.56 Å². The number of benzene rings is 1. The minimum absolute atomic E-state index is 0.155. The lowest BCUT2D eigenvalue weighted by molar-refractivity contribution is 0.376. The summed E-state index contributed by atoms with van der Waals surface area (Å²) in [6, 6.07) is 10.4. The smallest absolute Gasteiger partial charge is 0.262 e. The molecule has 0 radical (unpaired) electrons. The summed E-state index contributed by atoms with van der Waals surface area (Å²) in [7, 11) is 4.05. The van der Waals surface area contributed by atoms with E-state index in [2.05, 4.69) is 29.2 Å². The first-order valence-electron chi connectivity index (χ1n) is 9.36. The fourth-order valence-electron chi connectivity index (χ4n) is 3.80. The Morgan fingerprint density at radius 2 is 1.92 bits per heavy atom. The highest BCUT2D eigenvalue weighted by Crippen LogP contribution is 2.33. The summed E-state index contributed by atoms with van der Waals surface area (Å²) >= 11 is 1.74. The maximum Gasteiger partial charge on any atom is 0.262 e. The van der Waals surface area contributed by atoms with Crippen LogP contribution < -0.4 is 5.56 Å². The SMILES string of the molecule is CN(C)Cc1nc2sc3c(c2c(=O)n1CCc1ccccc1)CCCC3. The van der Waals surface area contributed by atoms with Crippen LogP contribution in [0.2, 0.25) is 0 Å². The lowest BCUT2D eigenvalue weighted by atomic mass is 9.97. The predicted octanol–water partition coefficient (Wildman–Crippen LogP) is 3.64. The van der Waals surface area contributed by atoms with Gasteiger partial charge >= 0.3 is 0 Å². The van der Waals surface area contributed by atoms with Crippen LogP contribution in [0.3, 0.4) is 0 Å². The van der Waals surface area contributed by atoms with Gasteiger partial charge in [-0.2, -0.15) is 0 Å². The largest absolute Gasteiger partial charge is 0.302 e. The number of thiophene rings is 1. The van der Waals surface area contributed by atoms with Crippen molar-refractivity contribution in [1.29, 1.82) is 0 Å². The van der Waals surface area contributed by atoms with Crippen molar-refractivity contribution in [1.82, 2.24) is 14.5 Å². The maximum absolute atomic E-state index is 13.4. The van der Waals surface area contributed by atoms with E-state index in [0.29, 0.717) is 13.1 Å². The van der Waals surface area contributed by atoms with Gasteiger partial charge < -0.3 is 4.90 Å². The van der Waals surface area contributed by atoms with Crippen molar-refractivity contribution in [2.75, 3.05) is 14.1 Å². The lowest BCUT2D eigenvalue weighted by Gasteiger charge is -2.16. The molecule has 26 heavy (non-hydrogen) atoms. The molecule has 0 aliphatic heterocycles. The molecular formula is C21H25N3OS. The topological polar surface area (TPSA) is 38.1 Å². The van der Waals surface area contributed by atoms with Crippen molar-refractivity contribution >= 4 is 21.6 Å². The number of nitrogens with zero attached hydrogens (tertiary/aromatic N) is 3. The zero-order valence-electron chi connectivity index (χ0n) is 15.5. The number of aromatic nitrogens is 2. The highest BCUT2D eigenvalue weighted by Gasteiger charge is 2.22. The van der Waals surface area contributed by atoms with E-state index in [1.807, 2.05) is 24.7 Å². The van der Waals surface area contributed by atoms with Crippen LogP contribution in [0.25, 0.3) is 10.2 Å². The molecule has 4 nitrogen and oxygen atoms in total. The van der Waals surface area contributed by atoms with Crippen LogP contribution in [0.1, 0.15) is 34.7 Å². The first-order valence-corrected chi connectivity index (χ1v) is 10.2. The van der Waals surface area contributed by atoms with Crippen molar-refractivity contribution in [3.05, 3.63) is 62.5 Å². The van der Waals surface area contributed by atoms with Gasteiger partial charge in [0, 0.05) is 11.4 Å². The normalized spacial score (nSPS) is 14.1. The molecule has 1 aliphatic rings. The van der Waals surface area contributed by atoms with Crippen LogP contribution in [-0.4, -0.2) is 28.5 Å². The van der Waals surface area contributed by atoms with Gasteiger partial charge in [-0.05, 0) is 57.3 Å². The molecule has 136 valence electrons. The standard InChI is InChI=1S/C21H25N3OS/c1-23(2)14-18-22-20-19(16-10-6-7-11-17(16)26-20)21(25)24(18)13-12-15-8-4-3-5-9-15/h3-5,8-9H,6-7,10-14H2,1-2H3. The number of hydrogen-bond donors (Lipinski definition) is 0. The van der Waals surface area contributed by atoms with E-state index >= 15 is 0 Å². The molecule has 0 amide bonds. The molecule has 1 aliphatic carbocycles. The molecule has 2 aromatic heterocycles. The second-order valence-corrected chi connectivity index (χ2v) is 8.43. The molecule has 0 unspecified atom stereocenters. The minimum Gasteiger partial charge on any atom is -0.302 e. The fourth-order valence-corrected chi connectivity index (χ4v) is 5.07. The monoisotopic (exact) mass is 367 g/mol. The summed E-state index contributed by atoms with van der Waals surface area (Å²) in [6.07, 6.45) is 5.38. The molecule has 0 fully saturated rings. The van der Waals surface area contributed by atoms with Gasteiger partial charge in [0.15, 0.2) is 0 Å². The van der Waals surface area contributed by atoms with Gasteiger partial charge in [0.25, 0.3) is 5.56 Å². The Bertz CT molecular complexity index is 972. The second-order valence-electron chi connectivity index (χ2n) is 7.35. The summed E-state index contributed by atoms with van der Waals surface area (Å²) in [6.45, 7) is 1.36. The molecule has 5 heteroatoms. The van der Waals surface area contributed by atoms with Gasteiger partial charge in [-0.3, -0.25) is 9.36 Å². The summed E-state index contributed by atoms with van der Waals surface area (Å²) < 4.78 is 1.91. The zero-order chi connectivity index (χ0) is 18.1. The summed E-state index contributed by atoms with van der Waals surface area (Å²) in [5, 5.41) is 0.889. The van der Waals surface area contributed by atoms with E-state index in [1.165, 1.54) is 28.8 Å². The van der Waals surface area contributed by atoms with E-state index in [0.717, 1.165) is 35.3 Å². The van der Waals surface area contributed by atoms with Crippen molar-refractivity contribution in [3.63, 3.8) is 0 Å². The first kappa shape index (κ1) is 17.4. The summed E-state index contributed by atoms with van der Waals surface area (Å²) in [4.78, 5) is 22.7. The number of fused-ring (bicyclic) bond motifs is 3. The molecule has 0 saturated heterocycles. The molecule has 3 aromatic rings. The Kier molecular flexibility index (Phi) is 4.92. The predicted molar refractivity (Wildman–Crippen MR) is 108 cm³/mol. The Morgan fingerprint density at radius 3 is 2.69 bits per heavy atom. The van der Waals surface area contributed by atoms with Gasteiger partial charge in [-0.15, -0.1) is 11.3 Å². The van der Waals surface area contributed by atoms with E-state index in [4.69, 9.17) is 4.98 Å². The molecule has 2 heterocycles. The Labute approximate surface area is 158 Å². The molecule has 0 saturated carbocycles. The molecule has 0 atom stereocenters. The van der Waals surface area contributed by atoms with Crippen molar-refractivity contribution in [2.24, 2.45) is 0 Å². The highest BCUT2D eigenvalue weighted by molar-refractivity contribution is 7.18. The van der Waals surface area contributed by atoms with Gasteiger partial charge in [0.2, 0.25) is 0 Å². The lowest BCUT2D eigenvalue weighted by Crippen LogP contribution is -2.29. The quantitative estimate of drug-likeness (QED) is 0.691. The van der Waals surface area contributed by atoms with Crippen LogP contribution in [0, 0.1) is 0 Å². The third-order valence-electron chi connectivity index (χ3n) is 5.08. The van der Waals surface area contributed by atoms with Crippen LogP contribution in [0.5, 0.6) is 0 Å². The van der Waals surface area contributed by atoms with E-state index < -0.39 is 0 Å². The van der Waals surface area contributed by atoms with E-state index in [1.54, 1.807) is 11.3 Å². The van der Waals surface area contributed by atoms with Gasteiger partial charge in [0.1, 0.15) is 10.7 Å². The molecule has 0 N–H and O–H groups in total. The van der Waals surface area contributed by atoms with Crippen LogP contribution in [0.15, 0.2) is 35.1 Å². The number of hydrogen-bond acceptors (Lipinski definition) is 4. The Morgan fingerprint density at radius 1 is 1.15 bits per heavy atom. The third kappa shape index (κ3) is 3.33. The van der Waals surface area contributed by atoms with Crippen LogP contribution in [0.4, 0.5) is 0 Å². The second kappa shape index (κ2) is 7.33. The Balaban J connectivity index is 1.79. The summed E-state index contributed by atoms with van der Waals surface area (Å²) in [5.74, 6) is 0.877. The maximum atomic E-state index is 13.4. The van der Waals surface area contributed by atoms with Gasteiger partial charge in [-0.1, -0.05) is 30.3 Å². The molecule has 0 spiro atoms. The van der Waals surface area contributed by atoms with Gasteiger partial charge in [0.05, 0.1) is 11.9 Å². The van der Waals surface area contributed by atoms with Gasteiger partial charge in [-0.25, -0.2) is 4.98 Å². The summed E-state index contributed by atoms with van der Waals surface area (Å²) in [5.41, 5.74) is 2.68. The fraction of sp³-hybridized carbons (Fsp3) is 0.429. The van der Waals surface area contributed by atoms with Crippen LogP contribution in [-0.2, 0) is 32.4 Å². The van der Waals surface area contributed by atoms with Crippen LogP contribution >= 0.6 is 11.3 Å². The van der Waals surface area contributed by atoms with Crippen molar-refractivity contribution in [2.45, 2.75) is 45.2 Å².